The highest BCUT2D eigenvalue weighted by Crippen LogP contribution is 2.41. The van der Waals surface area contributed by atoms with Gasteiger partial charge in [0.2, 0.25) is 0 Å². The van der Waals surface area contributed by atoms with Gasteiger partial charge in [-0.15, -0.1) is 0 Å². The van der Waals surface area contributed by atoms with Crippen molar-refractivity contribution in [2.24, 2.45) is 0 Å². The summed E-state index contributed by atoms with van der Waals surface area (Å²) >= 11 is 0. The molecule has 0 fully saturated rings. The van der Waals surface area contributed by atoms with E-state index in [1.807, 2.05) is 0 Å². The zero-order valence-corrected chi connectivity index (χ0v) is 23.1. The van der Waals surface area contributed by atoms with Crippen molar-refractivity contribution >= 4 is 11.9 Å². The molecule has 1 unspecified atom stereocenters. The third-order valence-corrected chi connectivity index (χ3v) is 6.33. The second kappa shape index (κ2) is 11.2. The van der Waals surface area contributed by atoms with Crippen molar-refractivity contribution in [3.63, 3.8) is 0 Å². The minimum absolute atomic E-state index is 0.108. The lowest BCUT2D eigenvalue weighted by atomic mass is 9.81. The predicted molar refractivity (Wildman–Crippen MR) is 134 cm³/mol. The molecule has 0 spiro atoms. The molecule has 0 aromatic heterocycles. The number of esters is 2. The van der Waals surface area contributed by atoms with Crippen molar-refractivity contribution in [2.75, 3.05) is 20.8 Å². The smallest absolute Gasteiger partial charge is 0.339 e. The second-order valence-corrected chi connectivity index (χ2v) is 11.5. The van der Waals surface area contributed by atoms with E-state index in [0.29, 0.717) is 24.2 Å². The Bertz CT molecular complexity index is 969. The summed E-state index contributed by atoms with van der Waals surface area (Å²) in [5, 5.41) is 0. The van der Waals surface area contributed by atoms with Gasteiger partial charge in [0, 0.05) is 33.7 Å². The maximum absolute atomic E-state index is 13.8. The maximum atomic E-state index is 13.8. The van der Waals surface area contributed by atoms with Crippen LogP contribution in [0.25, 0.3) is 0 Å². The lowest BCUT2D eigenvalue weighted by molar-refractivity contribution is -0.240. The van der Waals surface area contributed by atoms with E-state index in [-0.39, 0.29) is 30.9 Å². The SMILES string of the molecule is COCc1c2c3c(c(C(=O)OC(C)(C)C)c1C(=O)OC(C)(C)C)COCCCCCC(OC)(C3)OC2. The number of methoxy groups -OCH3 is 2. The molecule has 0 saturated carbocycles. The number of carbonyl (C=O) groups is 2. The Hall–Kier alpha value is -2.00. The Morgan fingerprint density at radius 3 is 2.06 bits per heavy atom. The van der Waals surface area contributed by atoms with Gasteiger partial charge in [0.05, 0.1) is 30.9 Å². The van der Waals surface area contributed by atoms with Crippen LogP contribution in [0.3, 0.4) is 0 Å². The Labute approximate surface area is 214 Å². The molecule has 2 aliphatic rings. The van der Waals surface area contributed by atoms with Crippen LogP contribution in [0, 0.1) is 0 Å². The molecule has 3 rings (SSSR count). The van der Waals surface area contributed by atoms with Crippen molar-refractivity contribution in [1.82, 2.24) is 0 Å². The average molecular weight is 507 g/mol. The quantitative estimate of drug-likeness (QED) is 0.500. The number of hydrogen-bond acceptors (Lipinski definition) is 8. The number of fused-ring (bicyclic) bond motifs is 1. The minimum atomic E-state index is -0.810. The number of ether oxygens (including phenoxy) is 6. The fourth-order valence-corrected chi connectivity index (χ4v) is 4.79. The van der Waals surface area contributed by atoms with Crippen LogP contribution in [-0.2, 0) is 54.7 Å². The van der Waals surface area contributed by atoms with Crippen LogP contribution in [0.5, 0.6) is 0 Å². The van der Waals surface area contributed by atoms with E-state index >= 15 is 0 Å². The molecule has 0 radical (unpaired) electrons. The van der Waals surface area contributed by atoms with Crippen molar-refractivity contribution in [3.8, 4) is 0 Å². The van der Waals surface area contributed by atoms with E-state index < -0.39 is 28.9 Å². The molecule has 1 atom stereocenters. The minimum Gasteiger partial charge on any atom is -0.456 e. The van der Waals surface area contributed by atoms with Crippen molar-refractivity contribution in [2.45, 2.75) is 110 Å². The Morgan fingerprint density at radius 2 is 1.47 bits per heavy atom. The van der Waals surface area contributed by atoms with E-state index in [1.54, 1.807) is 55.8 Å². The first-order valence-electron chi connectivity index (χ1n) is 12.7. The number of rotatable bonds is 5. The maximum Gasteiger partial charge on any atom is 0.339 e. The van der Waals surface area contributed by atoms with Crippen molar-refractivity contribution in [3.05, 3.63) is 33.4 Å². The third kappa shape index (κ3) is 6.65. The Morgan fingerprint density at radius 1 is 0.833 bits per heavy atom. The van der Waals surface area contributed by atoms with Gasteiger partial charge >= 0.3 is 11.9 Å². The molecule has 0 N–H and O–H groups in total. The molecule has 0 aliphatic carbocycles. The first-order chi connectivity index (χ1) is 16.8. The number of hydrogen-bond donors (Lipinski definition) is 0. The molecule has 8 heteroatoms. The lowest BCUT2D eigenvalue weighted by Crippen LogP contribution is -2.42. The van der Waals surface area contributed by atoms with Gasteiger partial charge in [-0.25, -0.2) is 9.59 Å². The first kappa shape index (κ1) is 28.6. The fourth-order valence-electron chi connectivity index (χ4n) is 4.79. The zero-order valence-electron chi connectivity index (χ0n) is 23.1. The van der Waals surface area contributed by atoms with Crippen molar-refractivity contribution in [1.29, 1.82) is 0 Å². The summed E-state index contributed by atoms with van der Waals surface area (Å²) in [5.41, 5.74) is 1.72. The molecular formula is C28H42O8. The normalized spacial score (nSPS) is 20.9. The molecule has 1 aromatic carbocycles. The second-order valence-electron chi connectivity index (χ2n) is 11.5. The van der Waals surface area contributed by atoms with Crippen LogP contribution in [0.4, 0.5) is 0 Å². The summed E-state index contributed by atoms with van der Waals surface area (Å²) in [5.74, 6) is -2.01. The van der Waals surface area contributed by atoms with Crippen LogP contribution >= 0.6 is 0 Å². The van der Waals surface area contributed by atoms with Gasteiger partial charge in [0.1, 0.15) is 11.2 Å². The van der Waals surface area contributed by atoms with Crippen LogP contribution in [0.2, 0.25) is 0 Å². The number of carbonyl (C=O) groups excluding carboxylic acids is 2. The van der Waals surface area contributed by atoms with E-state index in [4.69, 9.17) is 28.4 Å². The summed E-state index contributed by atoms with van der Waals surface area (Å²) in [4.78, 5) is 27.4. The summed E-state index contributed by atoms with van der Waals surface area (Å²) in [6, 6.07) is 0. The molecule has 0 amide bonds. The Balaban J connectivity index is 2.35. The summed E-state index contributed by atoms with van der Waals surface area (Å²) in [6.45, 7) is 11.8. The van der Waals surface area contributed by atoms with Crippen LogP contribution in [-0.4, -0.2) is 49.8 Å². The van der Waals surface area contributed by atoms with Gasteiger partial charge in [0.15, 0.2) is 5.79 Å². The molecule has 8 nitrogen and oxygen atoms in total. The van der Waals surface area contributed by atoms with E-state index in [9.17, 15) is 9.59 Å². The average Bonchev–Trinajstić information content (AvgIpc) is 2.79. The molecule has 1 aromatic rings. The number of benzene rings is 1. The molecule has 0 saturated heterocycles. The topological polar surface area (TPSA) is 89.5 Å². The zero-order chi connectivity index (χ0) is 26.7. The molecule has 2 aliphatic heterocycles. The lowest BCUT2D eigenvalue weighted by Gasteiger charge is -2.39. The van der Waals surface area contributed by atoms with Gasteiger partial charge in [-0.05, 0) is 76.6 Å². The van der Waals surface area contributed by atoms with Crippen LogP contribution in [0.1, 0.15) is 110 Å². The van der Waals surface area contributed by atoms with Gasteiger partial charge in [-0.3, -0.25) is 0 Å². The standard InChI is InChI=1S/C28H42O8/c1-26(2,3)35-24(29)22-20(15-31-7)19-17-34-28(32-8)12-10-9-11-13-33-16-21(18(19)14-28)23(22)25(30)36-27(4,5)6/h9-17H2,1-8H3. The van der Waals surface area contributed by atoms with Gasteiger partial charge in [-0.2, -0.15) is 0 Å². The molecule has 2 heterocycles. The summed E-state index contributed by atoms with van der Waals surface area (Å²) < 4.78 is 35.5. The molecular weight excluding hydrogens is 464 g/mol. The molecule has 36 heavy (non-hydrogen) atoms. The predicted octanol–water partition coefficient (Wildman–Crippen LogP) is 5.25. The Kier molecular flexibility index (Phi) is 8.87. The highest BCUT2D eigenvalue weighted by Gasteiger charge is 2.42. The summed E-state index contributed by atoms with van der Waals surface area (Å²) in [6.07, 6.45) is 3.94. The van der Waals surface area contributed by atoms with E-state index in [0.717, 1.165) is 36.8 Å². The van der Waals surface area contributed by atoms with Crippen LogP contribution < -0.4 is 0 Å². The van der Waals surface area contributed by atoms with E-state index in [2.05, 4.69) is 0 Å². The highest BCUT2D eigenvalue weighted by molar-refractivity contribution is 6.06. The van der Waals surface area contributed by atoms with Crippen LogP contribution in [0.15, 0.2) is 0 Å². The third-order valence-electron chi connectivity index (χ3n) is 6.33. The van der Waals surface area contributed by atoms with Gasteiger partial charge in [-0.1, -0.05) is 6.42 Å². The molecule has 202 valence electrons. The highest BCUT2D eigenvalue weighted by atomic mass is 16.7. The largest absolute Gasteiger partial charge is 0.456 e. The van der Waals surface area contributed by atoms with Gasteiger partial charge in [0.25, 0.3) is 0 Å². The first-order valence-corrected chi connectivity index (χ1v) is 12.7. The van der Waals surface area contributed by atoms with E-state index in [1.165, 1.54) is 0 Å². The molecule has 2 bridgehead atoms. The fraction of sp³-hybridized carbons (Fsp3) is 0.714. The monoisotopic (exact) mass is 506 g/mol. The summed E-state index contributed by atoms with van der Waals surface area (Å²) in [7, 11) is 3.21. The van der Waals surface area contributed by atoms with Gasteiger partial charge < -0.3 is 28.4 Å². The van der Waals surface area contributed by atoms with Crippen molar-refractivity contribution < 1.29 is 38.0 Å².